The van der Waals surface area contributed by atoms with Crippen molar-refractivity contribution in [2.45, 2.75) is 39.5 Å². The largest absolute Gasteiger partial charge is 0.265 e. The molecule has 0 aromatic carbocycles. The molecule has 0 saturated heterocycles. The SMILES string of the molecule is CCC1=CC2CC=NC(C3CC3C)=C(C=C1)C2. The molecule has 0 aromatic heterocycles. The first-order valence-corrected chi connectivity index (χ1v) is 6.92. The van der Waals surface area contributed by atoms with Crippen molar-refractivity contribution in [3.05, 3.63) is 35.1 Å². The average molecular weight is 227 g/mol. The third-order valence-corrected chi connectivity index (χ3v) is 4.27. The minimum Gasteiger partial charge on any atom is -0.265 e. The highest BCUT2D eigenvalue weighted by Gasteiger charge is 2.37. The Morgan fingerprint density at radius 2 is 2.18 bits per heavy atom. The Kier molecular flexibility index (Phi) is 2.78. The quantitative estimate of drug-likeness (QED) is 0.667. The topological polar surface area (TPSA) is 12.4 Å². The van der Waals surface area contributed by atoms with Gasteiger partial charge in [-0.2, -0.15) is 0 Å². The van der Waals surface area contributed by atoms with Gasteiger partial charge >= 0.3 is 0 Å². The fourth-order valence-corrected chi connectivity index (χ4v) is 2.96. The van der Waals surface area contributed by atoms with Crippen molar-refractivity contribution >= 4 is 6.21 Å². The Balaban J connectivity index is 1.96. The van der Waals surface area contributed by atoms with Crippen LogP contribution in [0.2, 0.25) is 0 Å². The summed E-state index contributed by atoms with van der Waals surface area (Å²) in [6, 6.07) is 0. The monoisotopic (exact) mass is 227 g/mol. The van der Waals surface area contributed by atoms with Gasteiger partial charge in [0.25, 0.3) is 0 Å². The van der Waals surface area contributed by atoms with Crippen molar-refractivity contribution in [1.29, 1.82) is 0 Å². The van der Waals surface area contributed by atoms with E-state index in [0.717, 1.165) is 24.7 Å². The van der Waals surface area contributed by atoms with E-state index in [2.05, 4.69) is 38.3 Å². The Hall–Kier alpha value is -1.11. The molecule has 0 amide bonds. The van der Waals surface area contributed by atoms with E-state index in [1.165, 1.54) is 29.7 Å². The van der Waals surface area contributed by atoms with Gasteiger partial charge in [-0.3, -0.25) is 4.99 Å². The number of hydrogen-bond acceptors (Lipinski definition) is 1. The van der Waals surface area contributed by atoms with Crippen LogP contribution in [0.5, 0.6) is 0 Å². The maximum Gasteiger partial charge on any atom is 0.0465 e. The zero-order chi connectivity index (χ0) is 11.8. The van der Waals surface area contributed by atoms with Gasteiger partial charge in [0.05, 0.1) is 0 Å². The summed E-state index contributed by atoms with van der Waals surface area (Å²) in [5, 5.41) is 0. The molecular formula is C16H21N. The van der Waals surface area contributed by atoms with Gasteiger partial charge in [-0.25, -0.2) is 0 Å². The Morgan fingerprint density at radius 3 is 2.88 bits per heavy atom. The lowest BCUT2D eigenvalue weighted by molar-refractivity contribution is 0.683. The van der Waals surface area contributed by atoms with E-state index in [1.807, 2.05) is 0 Å². The molecule has 1 aliphatic heterocycles. The zero-order valence-corrected chi connectivity index (χ0v) is 10.8. The number of nitrogens with zero attached hydrogens (tertiary/aromatic N) is 1. The van der Waals surface area contributed by atoms with Crippen molar-refractivity contribution in [2.24, 2.45) is 22.7 Å². The van der Waals surface area contributed by atoms with E-state index in [-0.39, 0.29) is 0 Å². The second-order valence-electron chi connectivity index (χ2n) is 5.67. The minimum absolute atomic E-state index is 0.672. The summed E-state index contributed by atoms with van der Waals surface area (Å²) in [6.07, 6.45) is 14.0. The summed E-state index contributed by atoms with van der Waals surface area (Å²) in [5.74, 6) is 2.26. The van der Waals surface area contributed by atoms with Crippen LogP contribution in [-0.4, -0.2) is 6.21 Å². The molecule has 1 nitrogen and oxygen atoms in total. The van der Waals surface area contributed by atoms with Crippen LogP contribution < -0.4 is 0 Å². The molecule has 1 saturated carbocycles. The molecule has 1 heteroatoms. The first kappa shape index (κ1) is 11.0. The van der Waals surface area contributed by atoms with Gasteiger partial charge in [-0.05, 0) is 43.1 Å². The highest BCUT2D eigenvalue weighted by Crippen LogP contribution is 2.47. The molecule has 0 spiro atoms. The Bertz CT molecular complexity index is 436. The molecule has 2 bridgehead atoms. The smallest absolute Gasteiger partial charge is 0.0465 e. The molecule has 3 atom stereocenters. The number of allylic oxidation sites excluding steroid dienone is 6. The first-order valence-electron chi connectivity index (χ1n) is 6.92. The molecular weight excluding hydrogens is 206 g/mol. The fraction of sp³-hybridized carbons (Fsp3) is 0.562. The van der Waals surface area contributed by atoms with E-state index in [0.29, 0.717) is 5.92 Å². The summed E-state index contributed by atoms with van der Waals surface area (Å²) in [5.41, 5.74) is 4.38. The van der Waals surface area contributed by atoms with Crippen molar-refractivity contribution in [2.75, 3.05) is 0 Å². The van der Waals surface area contributed by atoms with Gasteiger partial charge in [-0.15, -0.1) is 0 Å². The standard InChI is InChI=1S/C16H21N/c1-3-12-4-5-14-10-13(9-12)6-7-17-16(14)15-8-11(15)2/h4-5,7,9,11,13,15H,3,6,8,10H2,1-2H3. The average Bonchev–Trinajstić information content (AvgIpc) is 3.09. The zero-order valence-electron chi connectivity index (χ0n) is 10.8. The summed E-state index contributed by atoms with van der Waals surface area (Å²) in [6.45, 7) is 4.58. The molecule has 3 aliphatic rings. The number of hydrogen-bond donors (Lipinski definition) is 0. The number of rotatable bonds is 2. The second kappa shape index (κ2) is 4.29. The lowest BCUT2D eigenvalue weighted by Gasteiger charge is -2.09. The lowest BCUT2D eigenvalue weighted by Crippen LogP contribution is -1.97. The molecule has 0 N–H and O–H groups in total. The van der Waals surface area contributed by atoms with Crippen LogP contribution in [0, 0.1) is 17.8 Å². The van der Waals surface area contributed by atoms with E-state index < -0.39 is 0 Å². The van der Waals surface area contributed by atoms with Crippen molar-refractivity contribution in [1.82, 2.24) is 0 Å². The normalized spacial score (nSPS) is 35.4. The summed E-state index contributed by atoms with van der Waals surface area (Å²) >= 11 is 0. The molecule has 17 heavy (non-hydrogen) atoms. The van der Waals surface area contributed by atoms with Gasteiger partial charge in [0.1, 0.15) is 0 Å². The first-order chi connectivity index (χ1) is 8.28. The highest BCUT2D eigenvalue weighted by atomic mass is 14.8. The van der Waals surface area contributed by atoms with Crippen molar-refractivity contribution < 1.29 is 0 Å². The summed E-state index contributed by atoms with van der Waals surface area (Å²) in [4.78, 5) is 4.74. The van der Waals surface area contributed by atoms with Crippen LogP contribution in [0.1, 0.15) is 39.5 Å². The van der Waals surface area contributed by atoms with Gasteiger partial charge in [0.2, 0.25) is 0 Å². The molecule has 3 unspecified atom stereocenters. The fourth-order valence-electron chi connectivity index (χ4n) is 2.96. The second-order valence-corrected chi connectivity index (χ2v) is 5.67. The van der Waals surface area contributed by atoms with Crippen LogP contribution in [0.25, 0.3) is 0 Å². The predicted octanol–water partition coefficient (Wildman–Crippen LogP) is 4.28. The van der Waals surface area contributed by atoms with Crippen LogP contribution in [0.4, 0.5) is 0 Å². The van der Waals surface area contributed by atoms with Gasteiger partial charge in [-0.1, -0.05) is 37.6 Å². The maximum atomic E-state index is 4.74. The molecule has 3 rings (SSSR count). The Labute approximate surface area is 104 Å². The van der Waals surface area contributed by atoms with Gasteiger partial charge < -0.3 is 0 Å². The predicted molar refractivity (Wildman–Crippen MR) is 73.0 cm³/mol. The Morgan fingerprint density at radius 1 is 1.35 bits per heavy atom. The molecule has 0 radical (unpaired) electrons. The molecule has 90 valence electrons. The maximum absolute atomic E-state index is 4.74. The third-order valence-electron chi connectivity index (χ3n) is 4.27. The van der Waals surface area contributed by atoms with E-state index in [4.69, 9.17) is 4.99 Å². The molecule has 1 fully saturated rings. The van der Waals surface area contributed by atoms with Crippen LogP contribution in [-0.2, 0) is 0 Å². The molecule has 2 aliphatic carbocycles. The summed E-state index contributed by atoms with van der Waals surface area (Å²) in [7, 11) is 0. The lowest BCUT2D eigenvalue weighted by atomic mass is 9.95. The number of aliphatic imine (C=N–C) groups is 1. The third kappa shape index (κ3) is 2.15. The van der Waals surface area contributed by atoms with E-state index in [1.54, 1.807) is 0 Å². The van der Waals surface area contributed by atoms with Gasteiger partial charge in [0, 0.05) is 17.8 Å². The van der Waals surface area contributed by atoms with Crippen molar-refractivity contribution in [3.63, 3.8) is 0 Å². The van der Waals surface area contributed by atoms with Crippen LogP contribution in [0.15, 0.2) is 40.1 Å². The molecule has 0 aromatic rings. The van der Waals surface area contributed by atoms with Crippen molar-refractivity contribution in [3.8, 4) is 0 Å². The van der Waals surface area contributed by atoms with Gasteiger partial charge in [0.15, 0.2) is 0 Å². The number of fused-ring (bicyclic) bond motifs is 2. The molecule has 1 heterocycles. The summed E-state index contributed by atoms with van der Waals surface area (Å²) < 4.78 is 0. The van der Waals surface area contributed by atoms with Crippen LogP contribution >= 0.6 is 0 Å². The van der Waals surface area contributed by atoms with Crippen LogP contribution in [0.3, 0.4) is 0 Å². The van der Waals surface area contributed by atoms with E-state index in [9.17, 15) is 0 Å². The van der Waals surface area contributed by atoms with E-state index >= 15 is 0 Å². The minimum atomic E-state index is 0.672. The highest BCUT2D eigenvalue weighted by molar-refractivity contribution is 5.62.